The fourth-order valence-electron chi connectivity index (χ4n) is 1.28. The Morgan fingerprint density at radius 2 is 2.05 bits per heavy atom. The Morgan fingerprint density at radius 3 is 2.58 bits per heavy atom. The van der Waals surface area contributed by atoms with Gasteiger partial charge in [0.05, 0.1) is 11.8 Å². The van der Waals surface area contributed by atoms with Gasteiger partial charge in [0, 0.05) is 9.50 Å². The third-order valence-electron chi connectivity index (χ3n) is 2.21. The van der Waals surface area contributed by atoms with E-state index < -0.39 is 24.1 Å². The zero-order chi connectivity index (χ0) is 14.6. The number of nitrogens with one attached hydrogen (secondary N) is 2. The minimum Gasteiger partial charge on any atom is -0.480 e. The van der Waals surface area contributed by atoms with Crippen molar-refractivity contribution in [1.82, 2.24) is 5.32 Å². The van der Waals surface area contributed by atoms with E-state index in [0.29, 0.717) is 15.2 Å². The zero-order valence-electron chi connectivity index (χ0n) is 9.85. The molecule has 0 radical (unpaired) electrons. The second-order valence-electron chi connectivity index (χ2n) is 3.78. The first-order valence-electron chi connectivity index (χ1n) is 5.24. The fourth-order valence-corrected chi connectivity index (χ4v) is 1.80. The lowest BCUT2D eigenvalue weighted by molar-refractivity contribution is -0.141. The minimum atomic E-state index is -1.39. The summed E-state index contributed by atoms with van der Waals surface area (Å²) < 4.78 is 0.593. The third-order valence-corrected chi connectivity index (χ3v) is 3.14. The van der Waals surface area contributed by atoms with Crippen LogP contribution in [-0.4, -0.2) is 34.4 Å². The number of rotatable bonds is 4. The monoisotopic (exact) mass is 350 g/mol. The second kappa shape index (κ2) is 6.74. The topological polar surface area (TPSA) is 98.7 Å². The number of carboxylic acids is 1. The van der Waals surface area contributed by atoms with Crippen molar-refractivity contribution in [3.05, 3.63) is 27.7 Å². The summed E-state index contributed by atoms with van der Waals surface area (Å²) in [5.41, 5.74) is 0.389. The maximum Gasteiger partial charge on any atom is 0.328 e. The number of carbonyl (C=O) groups excluding carboxylic acids is 1. The molecule has 8 heteroatoms. The van der Waals surface area contributed by atoms with Crippen LogP contribution in [0.4, 0.5) is 10.5 Å². The molecule has 1 aromatic carbocycles. The van der Waals surface area contributed by atoms with E-state index in [4.69, 9.17) is 16.7 Å². The number of halogens is 2. The molecule has 0 saturated carbocycles. The predicted octanol–water partition coefficient (Wildman–Crippen LogP) is 2.06. The van der Waals surface area contributed by atoms with Crippen molar-refractivity contribution in [3.8, 4) is 0 Å². The molecule has 0 aliphatic rings. The van der Waals surface area contributed by atoms with Gasteiger partial charge in [0.25, 0.3) is 0 Å². The van der Waals surface area contributed by atoms with E-state index >= 15 is 0 Å². The lowest BCUT2D eigenvalue weighted by atomic mass is 10.2. The molecular formula is C11H12BrClN2O4. The molecule has 0 aromatic heterocycles. The lowest BCUT2D eigenvalue weighted by Gasteiger charge is -2.17. The van der Waals surface area contributed by atoms with Gasteiger partial charge in [0.2, 0.25) is 0 Å². The summed E-state index contributed by atoms with van der Waals surface area (Å²) in [5.74, 6) is -1.32. The predicted molar refractivity (Wildman–Crippen MR) is 74.4 cm³/mol. The number of amides is 2. The quantitative estimate of drug-likeness (QED) is 0.667. The average Bonchev–Trinajstić information content (AvgIpc) is 2.30. The second-order valence-corrected chi connectivity index (χ2v) is 5.07. The largest absolute Gasteiger partial charge is 0.480 e. The van der Waals surface area contributed by atoms with Gasteiger partial charge in [0.15, 0.2) is 6.04 Å². The van der Waals surface area contributed by atoms with Gasteiger partial charge >= 0.3 is 12.0 Å². The lowest BCUT2D eigenvalue weighted by Crippen LogP contribution is -2.49. The molecule has 0 heterocycles. The molecule has 1 aromatic rings. The summed E-state index contributed by atoms with van der Waals surface area (Å²) >= 11 is 9.00. The van der Waals surface area contributed by atoms with E-state index in [9.17, 15) is 14.7 Å². The normalized spacial score (nSPS) is 13.5. The van der Waals surface area contributed by atoms with Crippen LogP contribution in [0.25, 0.3) is 0 Å². The number of hydrogen-bond donors (Lipinski definition) is 4. The summed E-state index contributed by atoms with van der Waals surface area (Å²) in [6.45, 7) is 1.27. The van der Waals surface area contributed by atoms with Gasteiger partial charge in [-0.25, -0.2) is 9.59 Å². The van der Waals surface area contributed by atoms with Crippen molar-refractivity contribution >= 4 is 45.2 Å². The minimum absolute atomic E-state index is 0.389. The van der Waals surface area contributed by atoms with Crippen LogP contribution in [0.1, 0.15) is 6.92 Å². The molecule has 4 N–H and O–H groups in total. The molecular weight excluding hydrogens is 339 g/mol. The summed E-state index contributed by atoms with van der Waals surface area (Å²) in [6.07, 6.45) is -1.22. The SMILES string of the molecule is CC(O)C(NC(=O)Nc1cc(Cl)ccc1Br)C(=O)O. The van der Waals surface area contributed by atoms with E-state index in [1.165, 1.54) is 13.0 Å². The number of aliphatic hydroxyl groups is 1. The van der Waals surface area contributed by atoms with Crippen LogP contribution in [-0.2, 0) is 4.79 Å². The van der Waals surface area contributed by atoms with Gasteiger partial charge in [-0.2, -0.15) is 0 Å². The number of urea groups is 1. The zero-order valence-corrected chi connectivity index (χ0v) is 12.2. The Kier molecular flexibility index (Phi) is 5.59. The number of aliphatic carboxylic acids is 1. The van der Waals surface area contributed by atoms with E-state index in [1.54, 1.807) is 12.1 Å². The Morgan fingerprint density at radius 1 is 1.42 bits per heavy atom. The summed E-state index contributed by atoms with van der Waals surface area (Å²) in [6, 6.07) is 2.63. The number of aliphatic hydroxyl groups excluding tert-OH is 1. The molecule has 0 saturated heterocycles. The molecule has 1 rings (SSSR count). The van der Waals surface area contributed by atoms with Crippen LogP contribution in [0, 0.1) is 0 Å². The molecule has 6 nitrogen and oxygen atoms in total. The highest BCUT2D eigenvalue weighted by molar-refractivity contribution is 9.10. The van der Waals surface area contributed by atoms with Gasteiger partial charge in [-0.15, -0.1) is 0 Å². The summed E-state index contributed by atoms with van der Waals surface area (Å²) in [7, 11) is 0. The maximum atomic E-state index is 11.6. The molecule has 2 amide bonds. The smallest absolute Gasteiger partial charge is 0.328 e. The molecule has 2 atom stereocenters. The van der Waals surface area contributed by atoms with Crippen molar-refractivity contribution in [3.63, 3.8) is 0 Å². The third kappa shape index (κ3) is 4.70. The molecule has 19 heavy (non-hydrogen) atoms. The van der Waals surface area contributed by atoms with Crippen molar-refractivity contribution < 1.29 is 19.8 Å². The highest BCUT2D eigenvalue weighted by atomic mass is 79.9. The maximum absolute atomic E-state index is 11.6. The first kappa shape index (κ1) is 15.7. The van der Waals surface area contributed by atoms with Gasteiger partial charge in [-0.1, -0.05) is 11.6 Å². The number of hydrogen-bond acceptors (Lipinski definition) is 3. The van der Waals surface area contributed by atoms with E-state index in [0.717, 1.165) is 0 Å². The number of carbonyl (C=O) groups is 2. The number of anilines is 1. The van der Waals surface area contributed by atoms with Crippen molar-refractivity contribution in [2.45, 2.75) is 19.1 Å². The van der Waals surface area contributed by atoms with Crippen LogP contribution in [0.15, 0.2) is 22.7 Å². The number of benzene rings is 1. The fraction of sp³-hybridized carbons (Fsp3) is 0.273. The van der Waals surface area contributed by atoms with E-state index in [-0.39, 0.29) is 0 Å². The molecule has 0 spiro atoms. The van der Waals surface area contributed by atoms with E-state index in [2.05, 4.69) is 26.6 Å². The molecule has 0 bridgehead atoms. The molecule has 104 valence electrons. The van der Waals surface area contributed by atoms with Gasteiger partial charge in [-0.05, 0) is 41.1 Å². The Bertz CT molecular complexity index is 496. The van der Waals surface area contributed by atoms with Crippen LogP contribution in [0.3, 0.4) is 0 Å². The van der Waals surface area contributed by atoms with Crippen molar-refractivity contribution in [2.24, 2.45) is 0 Å². The Labute approximate surface area is 122 Å². The molecule has 2 unspecified atom stereocenters. The molecule has 0 aliphatic heterocycles. The first-order chi connectivity index (χ1) is 8.81. The van der Waals surface area contributed by atoms with Crippen molar-refractivity contribution in [1.29, 1.82) is 0 Å². The van der Waals surface area contributed by atoms with E-state index in [1.807, 2.05) is 0 Å². The standard InChI is InChI=1S/C11H12BrClN2O4/c1-5(16)9(10(17)18)15-11(19)14-8-4-6(13)2-3-7(8)12/h2-5,9,16H,1H3,(H,17,18)(H2,14,15,19). The summed E-state index contributed by atoms with van der Waals surface area (Å²) in [4.78, 5) is 22.5. The van der Waals surface area contributed by atoms with Crippen molar-refractivity contribution in [2.75, 3.05) is 5.32 Å². The summed E-state index contributed by atoms with van der Waals surface area (Å²) in [5, 5.41) is 23.1. The first-order valence-corrected chi connectivity index (χ1v) is 6.42. The number of carboxylic acid groups (broad SMARTS) is 1. The highest BCUT2D eigenvalue weighted by Crippen LogP contribution is 2.25. The highest BCUT2D eigenvalue weighted by Gasteiger charge is 2.25. The van der Waals surface area contributed by atoms with Crippen LogP contribution in [0.5, 0.6) is 0 Å². The van der Waals surface area contributed by atoms with Crippen LogP contribution in [0.2, 0.25) is 5.02 Å². The Balaban J connectivity index is 2.74. The van der Waals surface area contributed by atoms with Gasteiger partial charge in [0.1, 0.15) is 0 Å². The van der Waals surface area contributed by atoms with Crippen LogP contribution >= 0.6 is 27.5 Å². The molecule has 0 aliphatic carbocycles. The molecule has 0 fully saturated rings. The Hall–Kier alpha value is -1.31. The van der Waals surface area contributed by atoms with Crippen LogP contribution < -0.4 is 10.6 Å². The van der Waals surface area contributed by atoms with Gasteiger partial charge < -0.3 is 20.8 Å². The average molecular weight is 352 g/mol. The van der Waals surface area contributed by atoms with Gasteiger partial charge in [-0.3, -0.25) is 0 Å².